The lowest BCUT2D eigenvalue weighted by atomic mass is 10.1. The van der Waals surface area contributed by atoms with Crippen molar-refractivity contribution in [3.63, 3.8) is 0 Å². The molecule has 0 atom stereocenters. The van der Waals surface area contributed by atoms with Crippen LogP contribution >= 0.6 is 22.7 Å². The SMILES string of the molecule is CCCNCC(=O)Nc1scc(-c2cccs2)c1C(=O)OCC. The molecule has 0 saturated heterocycles. The van der Waals surface area contributed by atoms with Gasteiger partial charge in [0.15, 0.2) is 0 Å². The summed E-state index contributed by atoms with van der Waals surface area (Å²) in [5.74, 6) is -0.572. The summed E-state index contributed by atoms with van der Waals surface area (Å²) in [7, 11) is 0. The van der Waals surface area contributed by atoms with Crippen LogP contribution in [0.25, 0.3) is 10.4 Å². The van der Waals surface area contributed by atoms with E-state index in [-0.39, 0.29) is 12.5 Å². The lowest BCUT2D eigenvalue weighted by molar-refractivity contribution is -0.115. The number of hydrogen-bond donors (Lipinski definition) is 2. The third kappa shape index (κ3) is 4.63. The largest absolute Gasteiger partial charge is 0.462 e. The molecule has 0 bridgehead atoms. The minimum absolute atomic E-state index is 0.163. The van der Waals surface area contributed by atoms with Crippen LogP contribution in [0.4, 0.5) is 5.00 Å². The van der Waals surface area contributed by atoms with Gasteiger partial charge in [0, 0.05) is 15.8 Å². The molecule has 0 radical (unpaired) electrons. The van der Waals surface area contributed by atoms with Crippen molar-refractivity contribution in [3.05, 3.63) is 28.5 Å². The van der Waals surface area contributed by atoms with E-state index in [4.69, 9.17) is 4.74 Å². The van der Waals surface area contributed by atoms with Gasteiger partial charge in [0.25, 0.3) is 0 Å². The van der Waals surface area contributed by atoms with Gasteiger partial charge >= 0.3 is 5.97 Å². The first kappa shape index (κ1) is 17.7. The van der Waals surface area contributed by atoms with Crippen LogP contribution in [0, 0.1) is 0 Å². The number of thiophene rings is 2. The molecule has 0 aliphatic heterocycles. The number of ether oxygens (including phenoxy) is 1. The molecule has 0 fully saturated rings. The summed E-state index contributed by atoms with van der Waals surface area (Å²) in [5, 5.41) is 10.2. The maximum atomic E-state index is 12.3. The quantitative estimate of drug-likeness (QED) is 0.563. The highest BCUT2D eigenvalue weighted by Gasteiger charge is 2.23. The predicted molar refractivity (Wildman–Crippen MR) is 95.4 cm³/mol. The van der Waals surface area contributed by atoms with Crippen LogP contribution in [0.15, 0.2) is 22.9 Å². The molecule has 0 saturated carbocycles. The van der Waals surface area contributed by atoms with Gasteiger partial charge in [0.1, 0.15) is 10.6 Å². The monoisotopic (exact) mass is 352 g/mol. The van der Waals surface area contributed by atoms with Gasteiger partial charge in [-0.1, -0.05) is 13.0 Å². The number of carbonyl (C=O) groups is 2. The molecule has 23 heavy (non-hydrogen) atoms. The molecule has 0 aliphatic carbocycles. The molecule has 0 aliphatic rings. The van der Waals surface area contributed by atoms with Gasteiger partial charge in [-0.15, -0.1) is 22.7 Å². The molecular formula is C16H20N2O3S2. The van der Waals surface area contributed by atoms with E-state index in [0.717, 1.165) is 23.4 Å². The van der Waals surface area contributed by atoms with Crippen molar-refractivity contribution in [3.8, 4) is 10.4 Å². The van der Waals surface area contributed by atoms with E-state index in [1.54, 1.807) is 18.3 Å². The standard InChI is InChI=1S/C16H20N2O3S2/c1-3-7-17-9-13(19)18-15-14(16(20)21-4-2)11(10-23-15)12-6-5-8-22-12/h5-6,8,10,17H,3-4,7,9H2,1-2H3,(H,18,19). The molecule has 2 N–H and O–H groups in total. The first-order valence-electron chi connectivity index (χ1n) is 7.50. The second-order valence-corrected chi connectivity index (χ2v) is 6.60. The highest BCUT2D eigenvalue weighted by molar-refractivity contribution is 7.17. The Hall–Kier alpha value is -1.70. The fraction of sp³-hybridized carbons (Fsp3) is 0.375. The van der Waals surface area contributed by atoms with Crippen LogP contribution in [-0.2, 0) is 9.53 Å². The zero-order valence-corrected chi connectivity index (χ0v) is 14.8. The fourth-order valence-corrected chi connectivity index (χ4v) is 3.81. The van der Waals surface area contributed by atoms with Gasteiger partial charge in [0.2, 0.25) is 5.91 Å². The third-order valence-electron chi connectivity index (χ3n) is 3.02. The summed E-state index contributed by atoms with van der Waals surface area (Å²) in [4.78, 5) is 25.3. The molecule has 7 heteroatoms. The highest BCUT2D eigenvalue weighted by atomic mass is 32.1. The van der Waals surface area contributed by atoms with E-state index in [2.05, 4.69) is 10.6 Å². The lowest BCUT2D eigenvalue weighted by Crippen LogP contribution is -2.28. The Labute approximate surface area is 143 Å². The maximum absolute atomic E-state index is 12.3. The number of amides is 1. The van der Waals surface area contributed by atoms with E-state index in [1.807, 2.05) is 29.8 Å². The molecule has 0 spiro atoms. The fourth-order valence-electron chi connectivity index (χ4n) is 2.02. The van der Waals surface area contributed by atoms with Crippen molar-refractivity contribution in [1.82, 2.24) is 5.32 Å². The summed E-state index contributed by atoms with van der Waals surface area (Å²) in [6, 6.07) is 3.88. The zero-order chi connectivity index (χ0) is 16.7. The Morgan fingerprint density at radius 3 is 2.74 bits per heavy atom. The molecule has 0 unspecified atom stereocenters. The van der Waals surface area contributed by atoms with Crippen molar-refractivity contribution in [2.24, 2.45) is 0 Å². The molecular weight excluding hydrogens is 332 g/mol. The minimum Gasteiger partial charge on any atom is -0.462 e. The normalized spacial score (nSPS) is 10.5. The Bertz CT molecular complexity index is 650. The van der Waals surface area contributed by atoms with E-state index in [0.29, 0.717) is 17.2 Å². The van der Waals surface area contributed by atoms with Crippen molar-refractivity contribution in [2.45, 2.75) is 20.3 Å². The van der Waals surface area contributed by atoms with Crippen molar-refractivity contribution in [1.29, 1.82) is 0 Å². The molecule has 0 aromatic carbocycles. The Balaban J connectivity index is 2.22. The molecule has 1 amide bonds. The highest BCUT2D eigenvalue weighted by Crippen LogP contribution is 2.38. The Kier molecular flexibility index (Phi) is 6.76. The van der Waals surface area contributed by atoms with E-state index < -0.39 is 5.97 Å². The second-order valence-electron chi connectivity index (χ2n) is 4.78. The molecule has 2 rings (SSSR count). The third-order valence-corrected chi connectivity index (χ3v) is 4.82. The van der Waals surface area contributed by atoms with Crippen LogP contribution in [0.2, 0.25) is 0 Å². The van der Waals surface area contributed by atoms with E-state index in [1.165, 1.54) is 11.3 Å². The van der Waals surface area contributed by atoms with Gasteiger partial charge < -0.3 is 15.4 Å². The topological polar surface area (TPSA) is 67.4 Å². The number of hydrogen-bond acceptors (Lipinski definition) is 6. The molecule has 2 heterocycles. The summed E-state index contributed by atoms with van der Waals surface area (Å²) in [6.07, 6.45) is 0.961. The minimum atomic E-state index is -0.408. The average molecular weight is 352 g/mol. The Morgan fingerprint density at radius 2 is 2.09 bits per heavy atom. The van der Waals surface area contributed by atoms with Gasteiger partial charge in [0.05, 0.1) is 13.2 Å². The van der Waals surface area contributed by atoms with Crippen LogP contribution < -0.4 is 10.6 Å². The summed E-state index contributed by atoms with van der Waals surface area (Å²) in [5.41, 5.74) is 1.24. The number of esters is 1. The van der Waals surface area contributed by atoms with Gasteiger partial charge in [-0.25, -0.2) is 4.79 Å². The average Bonchev–Trinajstić information content (AvgIpc) is 3.16. The molecule has 2 aromatic rings. The summed E-state index contributed by atoms with van der Waals surface area (Å²) < 4.78 is 5.15. The molecule has 124 valence electrons. The first-order chi connectivity index (χ1) is 11.2. The van der Waals surface area contributed by atoms with E-state index in [9.17, 15) is 9.59 Å². The number of rotatable bonds is 8. The first-order valence-corrected chi connectivity index (χ1v) is 9.26. The van der Waals surface area contributed by atoms with Gasteiger partial charge in [-0.2, -0.15) is 0 Å². The van der Waals surface area contributed by atoms with Crippen molar-refractivity contribution in [2.75, 3.05) is 25.0 Å². The summed E-state index contributed by atoms with van der Waals surface area (Å²) >= 11 is 2.89. The summed E-state index contributed by atoms with van der Waals surface area (Å²) in [6.45, 7) is 5.10. The molecule has 5 nitrogen and oxygen atoms in total. The number of nitrogens with one attached hydrogen (secondary N) is 2. The van der Waals surface area contributed by atoms with Crippen LogP contribution in [-0.4, -0.2) is 31.6 Å². The Morgan fingerprint density at radius 1 is 1.26 bits per heavy atom. The lowest BCUT2D eigenvalue weighted by Gasteiger charge is -2.08. The van der Waals surface area contributed by atoms with Gasteiger partial charge in [-0.05, 0) is 31.3 Å². The van der Waals surface area contributed by atoms with Crippen molar-refractivity contribution >= 4 is 39.6 Å². The van der Waals surface area contributed by atoms with Gasteiger partial charge in [-0.3, -0.25) is 4.79 Å². The van der Waals surface area contributed by atoms with E-state index >= 15 is 0 Å². The number of anilines is 1. The van der Waals surface area contributed by atoms with Crippen molar-refractivity contribution < 1.29 is 14.3 Å². The smallest absolute Gasteiger partial charge is 0.341 e. The maximum Gasteiger partial charge on any atom is 0.341 e. The number of carbonyl (C=O) groups excluding carboxylic acids is 2. The van der Waals surface area contributed by atoms with Crippen LogP contribution in [0.3, 0.4) is 0 Å². The predicted octanol–water partition coefficient (Wildman–Crippen LogP) is 3.59. The van der Waals surface area contributed by atoms with Crippen LogP contribution in [0.1, 0.15) is 30.6 Å². The second kappa shape index (κ2) is 8.81. The molecule has 2 aromatic heterocycles. The zero-order valence-electron chi connectivity index (χ0n) is 13.2. The van der Waals surface area contributed by atoms with Crippen LogP contribution in [0.5, 0.6) is 0 Å².